The maximum atomic E-state index is 9.55. The number of aromatic amines is 1. The summed E-state index contributed by atoms with van der Waals surface area (Å²) in [5, 5.41) is 20.1. The Bertz CT molecular complexity index is 869. The van der Waals surface area contributed by atoms with Crippen LogP contribution < -0.4 is 0 Å². The molecule has 0 atom stereocenters. The van der Waals surface area contributed by atoms with Gasteiger partial charge in [-0.2, -0.15) is 0 Å². The van der Waals surface area contributed by atoms with Gasteiger partial charge in [0.05, 0.1) is 13.2 Å². The summed E-state index contributed by atoms with van der Waals surface area (Å²) >= 11 is 0. The van der Waals surface area contributed by atoms with Crippen LogP contribution in [0.2, 0.25) is 0 Å². The highest BCUT2D eigenvalue weighted by Gasteiger charge is 2.10. The van der Waals surface area contributed by atoms with E-state index in [1.807, 2.05) is 36.4 Å². The number of benzene rings is 2. The first-order chi connectivity index (χ1) is 12.7. The Morgan fingerprint density at radius 3 is 2.54 bits per heavy atom. The average molecular weight is 350 g/mol. The molecule has 0 aliphatic rings. The molecule has 0 fully saturated rings. The molecule has 0 radical (unpaired) electrons. The zero-order valence-electron chi connectivity index (χ0n) is 15.0. The first-order valence-electron chi connectivity index (χ1n) is 8.95. The number of nitrogens with zero attached hydrogens (tertiary/aromatic N) is 1. The number of H-pyrrole nitrogens is 1. The van der Waals surface area contributed by atoms with Crippen LogP contribution in [-0.2, 0) is 26.2 Å². The third-order valence-corrected chi connectivity index (χ3v) is 4.78. The number of aliphatic hydroxyl groups excluding tert-OH is 2. The normalized spacial score (nSPS) is 11.3. The third kappa shape index (κ3) is 4.22. The molecule has 0 bridgehead atoms. The first kappa shape index (κ1) is 18.4. The fraction of sp³-hybridized carbons (Fsp3) is 0.273. The van der Waals surface area contributed by atoms with Gasteiger partial charge in [0, 0.05) is 36.7 Å². The monoisotopic (exact) mass is 350 g/mol. The lowest BCUT2D eigenvalue weighted by molar-refractivity contribution is 0.270. The van der Waals surface area contributed by atoms with E-state index >= 15 is 0 Å². The molecule has 1 heterocycles. The fourth-order valence-corrected chi connectivity index (χ4v) is 3.33. The van der Waals surface area contributed by atoms with Crippen molar-refractivity contribution in [2.24, 2.45) is 0 Å². The van der Waals surface area contributed by atoms with Crippen molar-refractivity contribution in [3.05, 3.63) is 83.6 Å². The van der Waals surface area contributed by atoms with E-state index in [1.54, 1.807) is 0 Å². The van der Waals surface area contributed by atoms with E-state index in [9.17, 15) is 10.2 Å². The van der Waals surface area contributed by atoms with E-state index in [1.165, 1.54) is 10.9 Å². The zero-order valence-corrected chi connectivity index (χ0v) is 15.0. The molecule has 3 aromatic rings. The van der Waals surface area contributed by atoms with Crippen molar-refractivity contribution < 1.29 is 10.2 Å². The molecule has 0 aliphatic carbocycles. The molecule has 0 aliphatic heterocycles. The third-order valence-electron chi connectivity index (χ3n) is 4.78. The summed E-state index contributed by atoms with van der Waals surface area (Å²) in [5.41, 5.74) is 5.40. The maximum Gasteiger partial charge on any atom is 0.0685 e. The van der Waals surface area contributed by atoms with Crippen LogP contribution in [0.1, 0.15) is 22.3 Å². The van der Waals surface area contributed by atoms with Crippen molar-refractivity contribution in [2.75, 3.05) is 13.1 Å². The Hall–Kier alpha value is -2.40. The number of aromatic nitrogens is 1. The zero-order chi connectivity index (χ0) is 18.4. The Balaban J connectivity index is 1.74. The molecule has 3 rings (SSSR count). The first-order valence-corrected chi connectivity index (χ1v) is 8.95. The average Bonchev–Trinajstić information content (AvgIpc) is 3.08. The van der Waals surface area contributed by atoms with Gasteiger partial charge in [-0.15, -0.1) is 6.58 Å². The molecule has 0 unspecified atom stereocenters. The fourth-order valence-electron chi connectivity index (χ4n) is 3.33. The van der Waals surface area contributed by atoms with Crippen molar-refractivity contribution in [3.8, 4) is 0 Å². The van der Waals surface area contributed by atoms with Crippen LogP contribution in [0, 0.1) is 0 Å². The van der Waals surface area contributed by atoms with Crippen LogP contribution in [0.4, 0.5) is 0 Å². The number of hydrogen-bond donors (Lipinski definition) is 3. The van der Waals surface area contributed by atoms with Gasteiger partial charge in [0.25, 0.3) is 0 Å². The van der Waals surface area contributed by atoms with Gasteiger partial charge in [0.2, 0.25) is 0 Å². The molecule has 1 aromatic heterocycles. The van der Waals surface area contributed by atoms with Crippen LogP contribution in [0.3, 0.4) is 0 Å². The Morgan fingerprint density at radius 2 is 1.81 bits per heavy atom. The predicted molar refractivity (Wildman–Crippen MR) is 106 cm³/mol. The van der Waals surface area contributed by atoms with Crippen LogP contribution in [-0.4, -0.2) is 33.2 Å². The van der Waals surface area contributed by atoms with E-state index in [-0.39, 0.29) is 13.2 Å². The molecule has 4 heteroatoms. The summed E-state index contributed by atoms with van der Waals surface area (Å²) in [6.07, 6.45) is 4.88. The van der Waals surface area contributed by atoms with Gasteiger partial charge in [-0.1, -0.05) is 36.4 Å². The summed E-state index contributed by atoms with van der Waals surface area (Å²) in [6, 6.07) is 14.0. The minimum Gasteiger partial charge on any atom is -0.392 e. The summed E-state index contributed by atoms with van der Waals surface area (Å²) in [5.74, 6) is 0. The SMILES string of the molecule is C=CCN(CCc1c[nH]c2ccc(CO)cc12)Cc1ccccc1CO. The second-order valence-electron chi connectivity index (χ2n) is 6.55. The number of nitrogens with one attached hydrogen (secondary N) is 1. The summed E-state index contributed by atoms with van der Waals surface area (Å²) in [4.78, 5) is 5.64. The minimum absolute atomic E-state index is 0.0566. The van der Waals surface area contributed by atoms with Gasteiger partial charge in [0.15, 0.2) is 0 Å². The highest BCUT2D eigenvalue weighted by molar-refractivity contribution is 5.83. The van der Waals surface area contributed by atoms with Gasteiger partial charge < -0.3 is 15.2 Å². The Labute approximate surface area is 154 Å². The molecule has 136 valence electrons. The summed E-state index contributed by atoms with van der Waals surface area (Å²) in [6.45, 7) is 6.47. The molecule has 0 amide bonds. The van der Waals surface area contributed by atoms with E-state index in [0.717, 1.165) is 48.3 Å². The van der Waals surface area contributed by atoms with Crippen molar-refractivity contribution in [1.29, 1.82) is 0 Å². The second-order valence-corrected chi connectivity index (χ2v) is 6.55. The van der Waals surface area contributed by atoms with Crippen LogP contribution >= 0.6 is 0 Å². The Morgan fingerprint density at radius 1 is 1.00 bits per heavy atom. The maximum absolute atomic E-state index is 9.55. The van der Waals surface area contributed by atoms with Crippen molar-refractivity contribution in [3.63, 3.8) is 0 Å². The molecular weight excluding hydrogens is 324 g/mol. The number of fused-ring (bicyclic) bond motifs is 1. The molecule has 26 heavy (non-hydrogen) atoms. The quantitative estimate of drug-likeness (QED) is 0.519. The molecule has 0 saturated heterocycles. The highest BCUT2D eigenvalue weighted by atomic mass is 16.3. The van der Waals surface area contributed by atoms with Crippen LogP contribution in [0.25, 0.3) is 10.9 Å². The molecule has 2 aromatic carbocycles. The lowest BCUT2D eigenvalue weighted by Crippen LogP contribution is -2.26. The van der Waals surface area contributed by atoms with Crippen LogP contribution in [0.5, 0.6) is 0 Å². The van der Waals surface area contributed by atoms with Crippen molar-refractivity contribution >= 4 is 10.9 Å². The van der Waals surface area contributed by atoms with Gasteiger partial charge in [-0.25, -0.2) is 0 Å². The lowest BCUT2D eigenvalue weighted by Gasteiger charge is -2.22. The summed E-state index contributed by atoms with van der Waals surface area (Å²) in [7, 11) is 0. The van der Waals surface area contributed by atoms with E-state index in [4.69, 9.17) is 0 Å². The van der Waals surface area contributed by atoms with Crippen molar-refractivity contribution in [2.45, 2.75) is 26.2 Å². The van der Waals surface area contributed by atoms with E-state index < -0.39 is 0 Å². The Kier molecular flexibility index (Phi) is 6.23. The van der Waals surface area contributed by atoms with Gasteiger partial charge in [0.1, 0.15) is 0 Å². The molecule has 4 nitrogen and oxygen atoms in total. The van der Waals surface area contributed by atoms with Gasteiger partial charge in [-0.3, -0.25) is 4.90 Å². The summed E-state index contributed by atoms with van der Waals surface area (Å²) < 4.78 is 0. The molecular formula is C22H26N2O2. The number of aliphatic hydroxyl groups is 2. The van der Waals surface area contributed by atoms with E-state index in [0.29, 0.717) is 0 Å². The minimum atomic E-state index is 0.0566. The van der Waals surface area contributed by atoms with E-state index in [2.05, 4.69) is 34.8 Å². The van der Waals surface area contributed by atoms with Gasteiger partial charge in [-0.05, 0) is 40.8 Å². The standard InChI is InChI=1S/C22H26N2O2/c1-2-10-24(14-19-5-3-4-6-20(19)16-26)11-9-18-13-23-22-8-7-17(15-25)12-21(18)22/h2-8,12-13,23,25-26H,1,9-11,14-16H2. The number of hydrogen-bond acceptors (Lipinski definition) is 3. The lowest BCUT2D eigenvalue weighted by atomic mass is 10.1. The second kappa shape index (κ2) is 8.81. The van der Waals surface area contributed by atoms with Gasteiger partial charge >= 0.3 is 0 Å². The predicted octanol–water partition coefficient (Wildman–Crippen LogP) is 3.38. The smallest absolute Gasteiger partial charge is 0.0685 e. The molecule has 0 saturated carbocycles. The molecule has 3 N–H and O–H groups in total. The number of rotatable bonds is 9. The largest absolute Gasteiger partial charge is 0.392 e. The topological polar surface area (TPSA) is 59.5 Å². The highest BCUT2D eigenvalue weighted by Crippen LogP contribution is 2.21. The van der Waals surface area contributed by atoms with Crippen molar-refractivity contribution in [1.82, 2.24) is 9.88 Å². The van der Waals surface area contributed by atoms with Crippen LogP contribution in [0.15, 0.2) is 61.3 Å². The molecule has 0 spiro atoms.